The first-order valence-corrected chi connectivity index (χ1v) is 8.27. The molecule has 0 unspecified atom stereocenters. The van der Waals surface area contributed by atoms with Gasteiger partial charge in [-0.05, 0) is 51.5 Å². The second-order valence-corrected chi connectivity index (χ2v) is 5.62. The number of fused-ring (bicyclic) bond motifs is 2. The Kier molecular flexibility index (Phi) is 4.33. The predicted octanol–water partition coefficient (Wildman–Crippen LogP) is 4.01. The zero-order valence-electron chi connectivity index (χ0n) is 14.3. The van der Waals surface area contributed by atoms with Crippen molar-refractivity contribution >= 4 is 16.8 Å². The molecule has 1 aliphatic carbocycles. The van der Waals surface area contributed by atoms with Crippen LogP contribution in [0.1, 0.15) is 26.3 Å². The van der Waals surface area contributed by atoms with Gasteiger partial charge >= 0.3 is 0 Å². The molecule has 0 radical (unpaired) electrons. The molecule has 1 heterocycles. The van der Waals surface area contributed by atoms with Crippen molar-refractivity contribution in [2.45, 2.75) is 27.7 Å². The summed E-state index contributed by atoms with van der Waals surface area (Å²) >= 11 is 0. The van der Waals surface area contributed by atoms with Crippen LogP contribution < -0.4 is 10.3 Å². The molecule has 0 spiro atoms. The van der Waals surface area contributed by atoms with Crippen LogP contribution in [0.3, 0.4) is 0 Å². The Labute approximate surface area is 136 Å². The minimum atomic E-state index is 0.763. The third-order valence-corrected chi connectivity index (χ3v) is 4.14. The number of rotatable bonds is 4. The summed E-state index contributed by atoms with van der Waals surface area (Å²) in [6, 6.07) is 10.3. The van der Waals surface area contributed by atoms with E-state index in [1.807, 2.05) is 25.1 Å². The zero-order valence-corrected chi connectivity index (χ0v) is 14.3. The molecule has 2 aliphatic rings. The van der Waals surface area contributed by atoms with E-state index in [1.54, 1.807) is 0 Å². The number of aromatic nitrogens is 1. The minimum Gasteiger partial charge on any atom is -0.453 e. The first-order valence-electron chi connectivity index (χ1n) is 8.27. The Hall–Kier alpha value is -2.36. The quantitative estimate of drug-likeness (QED) is 0.684. The first-order chi connectivity index (χ1) is 11.2. The lowest BCUT2D eigenvalue weighted by atomic mass is 10.1. The van der Waals surface area contributed by atoms with E-state index in [0.29, 0.717) is 0 Å². The van der Waals surface area contributed by atoms with E-state index in [2.05, 4.69) is 42.8 Å². The number of nitrogens with zero attached hydrogens (tertiary/aromatic N) is 3. The van der Waals surface area contributed by atoms with E-state index < -0.39 is 0 Å². The van der Waals surface area contributed by atoms with Gasteiger partial charge in [-0.3, -0.25) is 4.99 Å². The normalized spacial score (nSPS) is 12.3. The van der Waals surface area contributed by atoms with Gasteiger partial charge in [0.05, 0.1) is 5.36 Å². The standard InChI is InChI=1S/C19H23N3O/c1-5-20-16-12-19-17(10-13(16)4)21-15-9-8-14(11-18(15)23-19)22(6-2)7-3/h8-12H,5-7H2,1-4H3. The maximum atomic E-state index is 6.12. The summed E-state index contributed by atoms with van der Waals surface area (Å²) in [7, 11) is 0. The highest BCUT2D eigenvalue weighted by atomic mass is 16.3. The van der Waals surface area contributed by atoms with Gasteiger partial charge in [0.25, 0.3) is 0 Å². The Morgan fingerprint density at radius 3 is 2.57 bits per heavy atom. The highest BCUT2D eigenvalue weighted by Crippen LogP contribution is 2.27. The summed E-state index contributed by atoms with van der Waals surface area (Å²) < 4.78 is 6.12. The lowest BCUT2D eigenvalue weighted by Gasteiger charge is -2.21. The molecule has 0 amide bonds. The van der Waals surface area contributed by atoms with Crippen molar-refractivity contribution in [3.05, 3.63) is 41.3 Å². The van der Waals surface area contributed by atoms with Crippen molar-refractivity contribution in [3.8, 4) is 11.5 Å². The molecule has 1 aromatic carbocycles. The molecule has 4 nitrogen and oxygen atoms in total. The third-order valence-electron chi connectivity index (χ3n) is 4.14. The first kappa shape index (κ1) is 15.5. The van der Waals surface area contributed by atoms with Gasteiger partial charge < -0.3 is 9.32 Å². The SMILES string of the molecule is CCN=c1cc2oc3cc(N(CC)CC)ccc3nc-2cc1C. The fourth-order valence-electron chi connectivity index (χ4n) is 2.88. The fraction of sp³-hybridized carbons (Fsp3) is 0.368. The molecular formula is C19H23N3O. The van der Waals surface area contributed by atoms with E-state index in [-0.39, 0.29) is 0 Å². The van der Waals surface area contributed by atoms with E-state index in [9.17, 15) is 0 Å². The number of hydrogen-bond donors (Lipinski definition) is 0. The van der Waals surface area contributed by atoms with Gasteiger partial charge in [-0.2, -0.15) is 0 Å². The van der Waals surface area contributed by atoms with Crippen LogP contribution in [0.4, 0.5) is 5.69 Å². The van der Waals surface area contributed by atoms with Crippen molar-refractivity contribution in [1.82, 2.24) is 4.98 Å². The number of anilines is 1. The summed E-state index contributed by atoms with van der Waals surface area (Å²) in [4.78, 5) is 11.5. The Morgan fingerprint density at radius 2 is 1.87 bits per heavy atom. The molecule has 23 heavy (non-hydrogen) atoms. The summed E-state index contributed by atoms with van der Waals surface area (Å²) in [5, 5.41) is 0.977. The molecule has 0 aromatic heterocycles. The van der Waals surface area contributed by atoms with Crippen LogP contribution in [-0.2, 0) is 0 Å². The molecule has 0 saturated carbocycles. The molecule has 120 valence electrons. The van der Waals surface area contributed by atoms with Crippen LogP contribution in [0.2, 0.25) is 0 Å². The van der Waals surface area contributed by atoms with Gasteiger partial charge in [-0.1, -0.05) is 0 Å². The summed E-state index contributed by atoms with van der Waals surface area (Å²) in [6.07, 6.45) is 0. The number of hydrogen-bond acceptors (Lipinski definition) is 4. The van der Waals surface area contributed by atoms with E-state index in [0.717, 1.165) is 58.8 Å². The van der Waals surface area contributed by atoms with Crippen LogP contribution in [0, 0.1) is 6.92 Å². The lowest BCUT2D eigenvalue weighted by Crippen LogP contribution is -2.21. The van der Waals surface area contributed by atoms with Gasteiger partial charge in [-0.15, -0.1) is 0 Å². The maximum absolute atomic E-state index is 6.12. The van der Waals surface area contributed by atoms with Gasteiger partial charge in [0.2, 0.25) is 0 Å². The molecule has 3 rings (SSSR count). The Bertz CT molecular complexity index is 862. The van der Waals surface area contributed by atoms with Crippen LogP contribution in [0.25, 0.3) is 22.6 Å². The van der Waals surface area contributed by atoms with Crippen LogP contribution in [0.5, 0.6) is 0 Å². The third kappa shape index (κ3) is 2.93. The molecule has 0 fully saturated rings. The zero-order chi connectivity index (χ0) is 16.4. The molecule has 4 heteroatoms. The van der Waals surface area contributed by atoms with Crippen LogP contribution in [0.15, 0.2) is 39.7 Å². The molecular weight excluding hydrogens is 286 g/mol. The summed E-state index contributed by atoms with van der Waals surface area (Å²) in [5.74, 6) is 0.784. The fourth-order valence-corrected chi connectivity index (χ4v) is 2.88. The van der Waals surface area contributed by atoms with Crippen LogP contribution in [-0.4, -0.2) is 24.6 Å². The second kappa shape index (κ2) is 6.41. The predicted molar refractivity (Wildman–Crippen MR) is 95.0 cm³/mol. The van der Waals surface area contributed by atoms with Crippen molar-refractivity contribution in [2.24, 2.45) is 4.99 Å². The van der Waals surface area contributed by atoms with Gasteiger partial charge in [0.15, 0.2) is 11.3 Å². The lowest BCUT2D eigenvalue weighted by molar-refractivity contribution is 0.611. The molecule has 0 bridgehead atoms. The highest BCUT2D eigenvalue weighted by molar-refractivity contribution is 5.80. The minimum absolute atomic E-state index is 0.763. The highest BCUT2D eigenvalue weighted by Gasteiger charge is 2.12. The molecule has 1 aromatic rings. The van der Waals surface area contributed by atoms with Crippen LogP contribution >= 0.6 is 0 Å². The molecule has 1 aliphatic heterocycles. The monoisotopic (exact) mass is 309 g/mol. The van der Waals surface area contributed by atoms with Gasteiger partial charge in [-0.25, -0.2) is 4.98 Å². The average molecular weight is 309 g/mol. The van der Waals surface area contributed by atoms with Crippen molar-refractivity contribution in [1.29, 1.82) is 0 Å². The van der Waals surface area contributed by atoms with E-state index in [1.165, 1.54) is 0 Å². The summed E-state index contributed by atoms with van der Waals surface area (Å²) in [6.45, 7) is 11.1. The largest absolute Gasteiger partial charge is 0.453 e. The molecule has 0 N–H and O–H groups in total. The maximum Gasteiger partial charge on any atom is 0.155 e. The molecule has 0 saturated heterocycles. The van der Waals surface area contributed by atoms with Gasteiger partial charge in [0.1, 0.15) is 11.2 Å². The van der Waals surface area contributed by atoms with Crippen molar-refractivity contribution in [3.63, 3.8) is 0 Å². The number of aryl methyl sites for hydroxylation is 1. The number of benzene rings is 2. The average Bonchev–Trinajstić information content (AvgIpc) is 2.55. The summed E-state index contributed by atoms with van der Waals surface area (Å²) in [5.41, 5.74) is 4.86. The Morgan fingerprint density at radius 1 is 1.09 bits per heavy atom. The molecule has 0 atom stereocenters. The van der Waals surface area contributed by atoms with E-state index in [4.69, 9.17) is 9.40 Å². The topological polar surface area (TPSA) is 41.6 Å². The Balaban J connectivity index is 2.21. The van der Waals surface area contributed by atoms with Crippen molar-refractivity contribution < 1.29 is 4.42 Å². The van der Waals surface area contributed by atoms with E-state index >= 15 is 0 Å². The van der Waals surface area contributed by atoms with Crippen molar-refractivity contribution in [2.75, 3.05) is 24.5 Å². The van der Waals surface area contributed by atoms with Gasteiger partial charge in [0, 0.05) is 37.5 Å². The second-order valence-electron chi connectivity index (χ2n) is 5.62. The smallest absolute Gasteiger partial charge is 0.155 e.